The number of fused-ring (bicyclic) bond motifs is 1. The Labute approximate surface area is 166 Å². The van der Waals surface area contributed by atoms with E-state index in [1.165, 1.54) is 50.9 Å². The summed E-state index contributed by atoms with van der Waals surface area (Å²) in [4.78, 5) is 24.9. The van der Waals surface area contributed by atoms with E-state index in [9.17, 15) is 18.0 Å². The van der Waals surface area contributed by atoms with Crippen molar-refractivity contribution in [1.29, 1.82) is 0 Å². The van der Waals surface area contributed by atoms with Crippen LogP contribution in [0.1, 0.15) is 59.2 Å². The monoisotopic (exact) mass is 415 g/mol. The third-order valence-electron chi connectivity index (χ3n) is 5.08. The Hall–Kier alpha value is -1.48. The second-order valence-electron chi connectivity index (χ2n) is 6.92. The summed E-state index contributed by atoms with van der Waals surface area (Å²) in [5.74, 6) is -0.883. The molecule has 3 rings (SSSR count). The predicted octanol–water partition coefficient (Wildman–Crippen LogP) is 1.92. The molecule has 1 aromatic rings. The summed E-state index contributed by atoms with van der Waals surface area (Å²) in [6.07, 6.45) is 7.28. The van der Waals surface area contributed by atoms with Gasteiger partial charge in [0.15, 0.2) is 0 Å². The van der Waals surface area contributed by atoms with Crippen molar-refractivity contribution >= 4 is 34.2 Å². The first kappa shape index (κ1) is 21.8. The number of halogens is 1. The quantitative estimate of drug-likeness (QED) is 0.420. The fraction of sp³-hybridized carbons (Fsp3) is 0.556. The third-order valence-corrected chi connectivity index (χ3v) is 6.54. The molecular weight excluding hydrogens is 390 g/mol. The topological polar surface area (TPSA) is 95.6 Å². The zero-order chi connectivity index (χ0) is 18.7. The van der Waals surface area contributed by atoms with E-state index >= 15 is 0 Å². The van der Waals surface area contributed by atoms with Gasteiger partial charge in [-0.3, -0.25) is 14.5 Å². The number of carbonyl (C=O) groups excluding carboxylic acids is 2. The van der Waals surface area contributed by atoms with Gasteiger partial charge in [0, 0.05) is 26.2 Å². The van der Waals surface area contributed by atoms with Crippen molar-refractivity contribution in [1.82, 2.24) is 14.9 Å². The standard InChI is InChI=1S/C18H25N3O4S.ClH/c1-21-17(22)15-9-8-14(12-16(15)18(21)23)26(24,25)20-11-10-19-13-6-4-2-3-5-7-13;/h8-9,12-13,19-20H,2-7,10-11H2,1H3;1H. The molecule has 0 unspecified atom stereocenters. The van der Waals surface area contributed by atoms with Crippen LogP contribution in [0.4, 0.5) is 0 Å². The molecule has 1 fully saturated rings. The highest BCUT2D eigenvalue weighted by Gasteiger charge is 2.33. The summed E-state index contributed by atoms with van der Waals surface area (Å²) in [6, 6.07) is 4.50. The molecule has 0 bridgehead atoms. The Kier molecular flexibility index (Phi) is 7.39. The number of hydrogen-bond donors (Lipinski definition) is 2. The summed E-state index contributed by atoms with van der Waals surface area (Å²) < 4.78 is 27.5. The zero-order valence-corrected chi connectivity index (χ0v) is 17.0. The second kappa shape index (κ2) is 9.14. The van der Waals surface area contributed by atoms with Crippen molar-refractivity contribution in [3.63, 3.8) is 0 Å². The molecule has 9 heteroatoms. The fourth-order valence-corrected chi connectivity index (χ4v) is 4.59. The molecule has 0 radical (unpaired) electrons. The maximum atomic E-state index is 12.5. The van der Waals surface area contributed by atoms with Crippen LogP contribution >= 0.6 is 12.4 Å². The number of hydrogen-bond acceptors (Lipinski definition) is 5. The van der Waals surface area contributed by atoms with Gasteiger partial charge >= 0.3 is 0 Å². The van der Waals surface area contributed by atoms with Crippen LogP contribution in [0.25, 0.3) is 0 Å². The van der Waals surface area contributed by atoms with E-state index < -0.39 is 21.8 Å². The van der Waals surface area contributed by atoms with Crippen LogP contribution in [0.5, 0.6) is 0 Å². The molecule has 1 aliphatic heterocycles. The Morgan fingerprint density at radius 2 is 1.63 bits per heavy atom. The fourth-order valence-electron chi connectivity index (χ4n) is 3.54. The van der Waals surface area contributed by atoms with Gasteiger partial charge in [-0.25, -0.2) is 13.1 Å². The lowest BCUT2D eigenvalue weighted by atomic mass is 10.1. The van der Waals surface area contributed by atoms with Crippen LogP contribution < -0.4 is 10.0 Å². The minimum atomic E-state index is -3.72. The molecule has 0 aromatic heterocycles. The Morgan fingerprint density at radius 3 is 2.30 bits per heavy atom. The molecule has 2 aliphatic rings. The molecule has 2 amide bonds. The SMILES string of the molecule is CN1C(=O)c2ccc(S(=O)(=O)NCCNC3CCCCCC3)cc2C1=O.Cl. The highest BCUT2D eigenvalue weighted by Crippen LogP contribution is 2.24. The molecule has 1 aromatic carbocycles. The minimum Gasteiger partial charge on any atom is -0.313 e. The number of sulfonamides is 1. The number of amides is 2. The molecule has 1 aliphatic carbocycles. The number of rotatable bonds is 6. The van der Waals surface area contributed by atoms with E-state index in [1.807, 2.05) is 0 Å². The van der Waals surface area contributed by atoms with Crippen molar-refractivity contribution in [2.24, 2.45) is 0 Å². The van der Waals surface area contributed by atoms with Gasteiger partial charge in [0.25, 0.3) is 11.8 Å². The Balaban J connectivity index is 0.00000261. The summed E-state index contributed by atoms with van der Waals surface area (Å²) in [5, 5.41) is 3.41. The molecule has 1 saturated carbocycles. The van der Waals surface area contributed by atoms with Crippen LogP contribution in [0.2, 0.25) is 0 Å². The van der Waals surface area contributed by atoms with Crippen LogP contribution in [0, 0.1) is 0 Å². The van der Waals surface area contributed by atoms with Gasteiger partial charge in [0.2, 0.25) is 10.0 Å². The lowest BCUT2D eigenvalue weighted by Crippen LogP contribution is -2.36. The predicted molar refractivity (Wildman–Crippen MR) is 105 cm³/mol. The number of nitrogens with zero attached hydrogens (tertiary/aromatic N) is 1. The Bertz CT molecular complexity index is 805. The summed E-state index contributed by atoms with van der Waals surface area (Å²) in [6.45, 7) is 0.845. The third kappa shape index (κ3) is 4.87. The average molecular weight is 416 g/mol. The molecule has 0 spiro atoms. The first-order valence-electron chi connectivity index (χ1n) is 9.09. The lowest BCUT2D eigenvalue weighted by molar-refractivity contribution is 0.0693. The first-order valence-corrected chi connectivity index (χ1v) is 10.6. The first-order chi connectivity index (χ1) is 12.4. The average Bonchev–Trinajstić information content (AvgIpc) is 2.83. The van der Waals surface area contributed by atoms with Gasteiger partial charge in [0.05, 0.1) is 16.0 Å². The second-order valence-corrected chi connectivity index (χ2v) is 8.68. The van der Waals surface area contributed by atoms with Gasteiger partial charge in [-0.15, -0.1) is 12.4 Å². The van der Waals surface area contributed by atoms with Gasteiger partial charge in [-0.2, -0.15) is 0 Å². The molecule has 150 valence electrons. The molecule has 1 heterocycles. The largest absolute Gasteiger partial charge is 0.313 e. The lowest BCUT2D eigenvalue weighted by Gasteiger charge is -2.16. The van der Waals surface area contributed by atoms with Crippen molar-refractivity contribution in [2.45, 2.75) is 49.5 Å². The molecule has 0 saturated heterocycles. The van der Waals surface area contributed by atoms with Gasteiger partial charge in [0.1, 0.15) is 0 Å². The molecule has 27 heavy (non-hydrogen) atoms. The van der Waals surface area contributed by atoms with Gasteiger partial charge < -0.3 is 5.32 Å². The van der Waals surface area contributed by atoms with Crippen molar-refractivity contribution < 1.29 is 18.0 Å². The maximum absolute atomic E-state index is 12.5. The van der Waals surface area contributed by atoms with E-state index in [1.54, 1.807) is 0 Å². The zero-order valence-electron chi connectivity index (χ0n) is 15.4. The molecular formula is C18H26ClN3O4S. The van der Waals surface area contributed by atoms with Gasteiger partial charge in [-0.05, 0) is 31.0 Å². The van der Waals surface area contributed by atoms with Crippen LogP contribution in [-0.2, 0) is 10.0 Å². The maximum Gasteiger partial charge on any atom is 0.261 e. The van der Waals surface area contributed by atoms with E-state index in [-0.39, 0.29) is 35.0 Å². The van der Waals surface area contributed by atoms with Gasteiger partial charge in [-0.1, -0.05) is 25.7 Å². The number of imide groups is 1. The van der Waals surface area contributed by atoms with E-state index in [4.69, 9.17) is 0 Å². The normalized spacial score (nSPS) is 18.2. The number of carbonyl (C=O) groups is 2. The van der Waals surface area contributed by atoms with E-state index in [0.717, 1.165) is 17.7 Å². The molecule has 7 nitrogen and oxygen atoms in total. The Morgan fingerprint density at radius 1 is 1.00 bits per heavy atom. The molecule has 2 N–H and O–H groups in total. The van der Waals surface area contributed by atoms with E-state index in [2.05, 4.69) is 10.0 Å². The van der Waals surface area contributed by atoms with Crippen LogP contribution in [0.15, 0.2) is 23.1 Å². The number of nitrogens with one attached hydrogen (secondary N) is 2. The van der Waals surface area contributed by atoms with Crippen molar-refractivity contribution in [3.05, 3.63) is 29.3 Å². The van der Waals surface area contributed by atoms with E-state index in [0.29, 0.717) is 12.6 Å². The number of benzene rings is 1. The smallest absolute Gasteiger partial charge is 0.261 e. The summed E-state index contributed by atoms with van der Waals surface area (Å²) in [7, 11) is -2.34. The molecule has 0 atom stereocenters. The van der Waals surface area contributed by atoms with Crippen LogP contribution in [0.3, 0.4) is 0 Å². The van der Waals surface area contributed by atoms with Crippen molar-refractivity contribution in [3.8, 4) is 0 Å². The minimum absolute atomic E-state index is 0. The van der Waals surface area contributed by atoms with Crippen LogP contribution in [-0.4, -0.2) is 51.3 Å². The summed E-state index contributed by atoms with van der Waals surface area (Å²) in [5.41, 5.74) is 0.378. The van der Waals surface area contributed by atoms with Crippen molar-refractivity contribution in [2.75, 3.05) is 20.1 Å². The summed E-state index contributed by atoms with van der Waals surface area (Å²) >= 11 is 0. The highest BCUT2D eigenvalue weighted by atomic mass is 35.5. The highest BCUT2D eigenvalue weighted by molar-refractivity contribution is 7.89.